The molecule has 0 aromatic heterocycles. The van der Waals surface area contributed by atoms with Gasteiger partial charge in [0.15, 0.2) is 0 Å². The highest BCUT2D eigenvalue weighted by Crippen LogP contribution is 2.25. The monoisotopic (exact) mass is 330 g/mol. The van der Waals surface area contributed by atoms with Crippen LogP contribution in [0.15, 0.2) is 18.2 Å². The first kappa shape index (κ1) is 17.0. The second-order valence-electron chi connectivity index (χ2n) is 6.82. The molecule has 1 aromatic rings. The number of carbonyl (C=O) groups excluding carboxylic acids is 2. The molecule has 5 nitrogen and oxygen atoms in total. The van der Waals surface area contributed by atoms with Gasteiger partial charge in [-0.25, -0.2) is 0 Å². The van der Waals surface area contributed by atoms with E-state index in [2.05, 4.69) is 11.4 Å². The lowest BCUT2D eigenvalue weighted by atomic mass is 10.0. The van der Waals surface area contributed by atoms with Crippen molar-refractivity contribution in [2.75, 3.05) is 18.5 Å². The third kappa shape index (κ3) is 3.96. The van der Waals surface area contributed by atoms with Crippen molar-refractivity contribution in [2.24, 2.45) is 0 Å². The number of rotatable bonds is 7. The van der Waals surface area contributed by atoms with E-state index in [0.29, 0.717) is 18.9 Å². The fraction of sp³-hybridized carbons (Fsp3) is 0.579. The first-order chi connectivity index (χ1) is 11.7. The van der Waals surface area contributed by atoms with Crippen molar-refractivity contribution in [3.05, 3.63) is 29.3 Å². The number of carbonyl (C=O) groups is 2. The van der Waals surface area contributed by atoms with Crippen molar-refractivity contribution in [3.8, 4) is 0 Å². The molecule has 1 atom stereocenters. The molecule has 3 rings (SSSR count). The van der Waals surface area contributed by atoms with Crippen LogP contribution >= 0.6 is 0 Å². The Labute approximate surface area is 143 Å². The van der Waals surface area contributed by atoms with Crippen LogP contribution in [0.2, 0.25) is 0 Å². The van der Waals surface area contributed by atoms with Crippen molar-refractivity contribution < 1.29 is 14.7 Å². The van der Waals surface area contributed by atoms with Crippen LogP contribution in [0, 0.1) is 0 Å². The topological polar surface area (TPSA) is 69.6 Å². The molecule has 1 saturated heterocycles. The minimum Gasteiger partial charge on any atom is -0.396 e. The number of aliphatic hydroxyl groups excluding tert-OH is 1. The molecule has 24 heavy (non-hydrogen) atoms. The number of nitrogens with one attached hydrogen (secondary N) is 1. The second kappa shape index (κ2) is 7.79. The van der Waals surface area contributed by atoms with Gasteiger partial charge in [0.2, 0.25) is 11.8 Å². The van der Waals surface area contributed by atoms with E-state index < -0.39 is 0 Å². The van der Waals surface area contributed by atoms with Crippen LogP contribution in [0.1, 0.15) is 49.7 Å². The summed E-state index contributed by atoms with van der Waals surface area (Å²) in [7, 11) is 0. The second-order valence-corrected chi connectivity index (χ2v) is 6.82. The quantitative estimate of drug-likeness (QED) is 0.806. The number of amides is 2. The Balaban J connectivity index is 1.47. The lowest BCUT2D eigenvalue weighted by Gasteiger charge is -2.24. The summed E-state index contributed by atoms with van der Waals surface area (Å²) in [5, 5.41) is 11.8. The van der Waals surface area contributed by atoms with Crippen molar-refractivity contribution in [3.63, 3.8) is 0 Å². The largest absolute Gasteiger partial charge is 0.396 e. The molecule has 130 valence electrons. The van der Waals surface area contributed by atoms with Crippen LogP contribution in [-0.4, -0.2) is 41.0 Å². The number of hydrogen-bond donors (Lipinski definition) is 2. The maximum Gasteiger partial charge on any atom is 0.228 e. The van der Waals surface area contributed by atoms with Gasteiger partial charge in [-0.15, -0.1) is 0 Å². The van der Waals surface area contributed by atoms with Gasteiger partial charge in [-0.05, 0) is 55.7 Å². The Kier molecular flexibility index (Phi) is 5.51. The number of fused-ring (bicyclic) bond motifs is 1. The first-order valence-electron chi connectivity index (χ1n) is 8.99. The molecule has 0 spiro atoms. The third-order valence-electron chi connectivity index (χ3n) is 5.04. The Morgan fingerprint density at radius 1 is 1.33 bits per heavy atom. The van der Waals surface area contributed by atoms with E-state index in [9.17, 15) is 9.59 Å². The zero-order valence-corrected chi connectivity index (χ0v) is 14.1. The van der Waals surface area contributed by atoms with Crippen LogP contribution in [0.3, 0.4) is 0 Å². The van der Waals surface area contributed by atoms with E-state index in [4.69, 9.17) is 5.11 Å². The van der Waals surface area contributed by atoms with Crippen LogP contribution < -0.4 is 5.32 Å². The lowest BCUT2D eigenvalue weighted by molar-refractivity contribution is -0.132. The van der Waals surface area contributed by atoms with E-state index in [1.165, 1.54) is 5.56 Å². The molecule has 1 aromatic carbocycles. The Morgan fingerprint density at radius 2 is 2.21 bits per heavy atom. The molecule has 0 bridgehead atoms. The number of hydrogen-bond acceptors (Lipinski definition) is 3. The third-order valence-corrected chi connectivity index (χ3v) is 5.04. The summed E-state index contributed by atoms with van der Waals surface area (Å²) in [5.41, 5.74) is 3.17. The summed E-state index contributed by atoms with van der Waals surface area (Å²) in [5.74, 6) is 0.300. The molecule has 0 saturated carbocycles. The number of aryl methyl sites for hydroxylation is 1. The molecule has 1 unspecified atom stereocenters. The van der Waals surface area contributed by atoms with E-state index >= 15 is 0 Å². The summed E-state index contributed by atoms with van der Waals surface area (Å²) in [6, 6.07) is 6.40. The van der Waals surface area contributed by atoms with Crippen LogP contribution in [0.25, 0.3) is 0 Å². The summed E-state index contributed by atoms with van der Waals surface area (Å²) in [4.78, 5) is 25.9. The van der Waals surface area contributed by atoms with Crippen LogP contribution in [0.5, 0.6) is 0 Å². The van der Waals surface area contributed by atoms with E-state index in [1.54, 1.807) is 0 Å². The highest BCUT2D eigenvalue weighted by atomic mass is 16.3. The highest BCUT2D eigenvalue weighted by Gasteiger charge is 2.27. The highest BCUT2D eigenvalue weighted by molar-refractivity contribution is 5.99. The predicted octanol–water partition coefficient (Wildman–Crippen LogP) is 2.27. The molecular weight excluding hydrogens is 304 g/mol. The molecule has 1 fully saturated rings. The summed E-state index contributed by atoms with van der Waals surface area (Å²) >= 11 is 0. The maximum atomic E-state index is 12.4. The normalized spacial score (nSPS) is 19.5. The molecule has 2 amide bonds. The fourth-order valence-corrected chi connectivity index (χ4v) is 3.82. The van der Waals surface area contributed by atoms with E-state index in [-0.39, 0.29) is 18.4 Å². The van der Waals surface area contributed by atoms with Crippen LogP contribution in [-0.2, 0) is 22.4 Å². The van der Waals surface area contributed by atoms with Gasteiger partial charge in [-0.2, -0.15) is 0 Å². The first-order valence-corrected chi connectivity index (χ1v) is 8.99. The zero-order valence-electron chi connectivity index (χ0n) is 14.1. The molecule has 0 aliphatic carbocycles. The van der Waals surface area contributed by atoms with Gasteiger partial charge in [-0.1, -0.05) is 12.1 Å². The van der Waals surface area contributed by atoms with E-state index in [1.807, 2.05) is 17.0 Å². The Morgan fingerprint density at radius 3 is 3.04 bits per heavy atom. The SMILES string of the molecule is O=C1Cc2cc(CCCC(=O)N3CCCC3CCCO)ccc2N1. The molecular formula is C19H26N2O3. The average molecular weight is 330 g/mol. The van der Waals surface area contributed by atoms with Gasteiger partial charge in [0.1, 0.15) is 0 Å². The number of benzene rings is 1. The smallest absolute Gasteiger partial charge is 0.228 e. The van der Waals surface area contributed by atoms with Crippen LogP contribution in [0.4, 0.5) is 5.69 Å². The molecule has 2 heterocycles. The van der Waals surface area contributed by atoms with Gasteiger partial charge in [-0.3, -0.25) is 9.59 Å². The number of likely N-dealkylation sites (tertiary alicyclic amines) is 1. The van der Waals surface area contributed by atoms with Gasteiger partial charge in [0, 0.05) is 31.3 Å². The Bertz CT molecular complexity index is 615. The summed E-state index contributed by atoms with van der Waals surface area (Å²) < 4.78 is 0. The minimum absolute atomic E-state index is 0.0558. The molecule has 0 radical (unpaired) electrons. The van der Waals surface area contributed by atoms with Gasteiger partial charge in [0.25, 0.3) is 0 Å². The van der Waals surface area contributed by atoms with E-state index in [0.717, 1.165) is 56.3 Å². The van der Waals surface area contributed by atoms with Crippen molar-refractivity contribution in [1.29, 1.82) is 0 Å². The number of aliphatic hydroxyl groups is 1. The molecule has 2 N–H and O–H groups in total. The van der Waals surface area contributed by atoms with Crippen molar-refractivity contribution in [1.82, 2.24) is 4.90 Å². The fourth-order valence-electron chi connectivity index (χ4n) is 3.82. The molecule has 2 aliphatic rings. The van der Waals surface area contributed by atoms with Crippen molar-refractivity contribution in [2.45, 2.75) is 57.4 Å². The lowest BCUT2D eigenvalue weighted by Crippen LogP contribution is -2.35. The zero-order chi connectivity index (χ0) is 16.9. The van der Waals surface area contributed by atoms with Crippen molar-refractivity contribution >= 4 is 17.5 Å². The number of nitrogens with zero attached hydrogens (tertiary/aromatic N) is 1. The van der Waals surface area contributed by atoms with Gasteiger partial charge < -0.3 is 15.3 Å². The molecule has 2 aliphatic heterocycles. The standard InChI is InChI=1S/C19H26N2O3/c22-11-3-6-16-5-2-10-21(16)19(24)7-1-4-14-8-9-17-15(12-14)13-18(23)20-17/h8-9,12,16,22H,1-7,10-11,13H2,(H,20,23). The molecule has 5 heteroatoms. The van der Waals surface area contributed by atoms with Gasteiger partial charge in [0.05, 0.1) is 6.42 Å². The Hall–Kier alpha value is -1.88. The summed E-state index contributed by atoms with van der Waals surface area (Å²) in [6.07, 6.45) is 6.56. The minimum atomic E-state index is 0.0558. The summed E-state index contributed by atoms with van der Waals surface area (Å²) in [6.45, 7) is 1.07. The number of anilines is 1. The average Bonchev–Trinajstić information content (AvgIpc) is 3.17. The predicted molar refractivity (Wildman–Crippen MR) is 92.8 cm³/mol. The maximum absolute atomic E-state index is 12.4. The van der Waals surface area contributed by atoms with Gasteiger partial charge >= 0.3 is 0 Å².